The summed E-state index contributed by atoms with van der Waals surface area (Å²) in [5, 5.41) is 0.227. The van der Waals surface area contributed by atoms with Crippen LogP contribution >= 0.6 is 0 Å². The maximum Gasteiger partial charge on any atom is 0.123 e. The number of fused-ring (bicyclic) bond motifs is 3. The van der Waals surface area contributed by atoms with Crippen LogP contribution in [0.2, 0.25) is 0 Å². The van der Waals surface area contributed by atoms with Crippen LogP contribution in [0.5, 0.6) is 5.75 Å². The van der Waals surface area contributed by atoms with E-state index < -0.39 is 5.34 Å². The predicted octanol–water partition coefficient (Wildman–Crippen LogP) is 1.47. The number of ether oxygens (including phenoxy) is 1. The zero-order valence-electron chi connectivity index (χ0n) is 12.3. The van der Waals surface area contributed by atoms with Gasteiger partial charge in [-0.15, -0.1) is 0 Å². The third kappa shape index (κ3) is 1.87. The quantitative estimate of drug-likeness (QED) is 0.781. The molecule has 2 heterocycles. The summed E-state index contributed by atoms with van der Waals surface area (Å²) in [5.74, 6) is 0.982. The molecule has 1 aliphatic rings. The van der Waals surface area contributed by atoms with E-state index >= 15 is 0 Å². The zero-order chi connectivity index (χ0) is 14.5. The molecule has 0 bridgehead atoms. The molecule has 100 valence electrons. The molecule has 1 aromatic heterocycles. The highest BCUT2D eigenvalue weighted by Crippen LogP contribution is 2.35. The monoisotopic (exact) mass is 264 g/mol. The van der Waals surface area contributed by atoms with Gasteiger partial charge < -0.3 is 14.2 Å². The normalized spacial score (nSPS) is 16.4. The van der Waals surface area contributed by atoms with E-state index in [1.54, 1.807) is 0 Å². The Kier molecular flexibility index (Phi) is 3.13. The number of aromatic nitrogens is 1. The van der Waals surface area contributed by atoms with Crippen molar-refractivity contribution in [3.05, 3.63) is 30.0 Å². The second-order valence-electron chi connectivity index (χ2n) is 5.79. The smallest absolute Gasteiger partial charge is 0.123 e. The Morgan fingerprint density at radius 2 is 2.05 bits per heavy atom. The fourth-order valence-corrected chi connectivity index (χ4v) is 2.87. The molecule has 0 saturated carbocycles. The first-order chi connectivity index (χ1) is 9.43. The van der Waals surface area contributed by atoms with Crippen molar-refractivity contribution >= 4 is 26.6 Å². The second kappa shape index (κ2) is 4.59. The predicted molar refractivity (Wildman–Crippen MR) is 83.8 cm³/mol. The molecule has 0 unspecified atom stereocenters. The fourth-order valence-electron chi connectivity index (χ4n) is 2.87. The molecule has 0 spiro atoms. The van der Waals surface area contributed by atoms with Gasteiger partial charge in [0.2, 0.25) is 0 Å². The summed E-state index contributed by atoms with van der Waals surface area (Å²) in [6.45, 7) is 2.78. The van der Waals surface area contributed by atoms with Crippen LogP contribution in [0, 0.1) is 0 Å². The summed E-state index contributed by atoms with van der Waals surface area (Å²) >= 11 is 0. The molecule has 1 atom stereocenters. The van der Waals surface area contributed by atoms with Gasteiger partial charge >= 0.3 is 0 Å². The van der Waals surface area contributed by atoms with Crippen molar-refractivity contribution in [3.8, 4) is 5.75 Å². The van der Waals surface area contributed by atoms with Crippen LogP contribution in [0.15, 0.2) is 24.4 Å². The Hall–Kier alpha value is -1.35. The van der Waals surface area contributed by atoms with E-state index in [4.69, 9.17) is 20.4 Å². The van der Waals surface area contributed by atoms with Crippen LogP contribution in [-0.2, 0) is 11.8 Å². The Morgan fingerprint density at radius 1 is 1.30 bits per heavy atom. The maximum atomic E-state index is 6.41. The first kappa shape index (κ1) is 13.6. The molecule has 1 aliphatic heterocycles. The standard InChI is InChI=1S/C15H18B2N2O/c1-10(18(2)3)15(16,17)19-8-6-11-12-7-9-20-14(12)5-4-13(11)19/h4-6,8,10H,7,9H2,1-3H3/t10-/m1/s1. The lowest BCUT2D eigenvalue weighted by molar-refractivity contribution is 0.254. The van der Waals surface area contributed by atoms with Gasteiger partial charge in [0.15, 0.2) is 0 Å². The molecule has 4 radical (unpaired) electrons. The number of hydrogen-bond acceptors (Lipinski definition) is 2. The fraction of sp³-hybridized carbons (Fsp3) is 0.467. The third-order valence-corrected chi connectivity index (χ3v) is 4.41. The average molecular weight is 264 g/mol. The van der Waals surface area contributed by atoms with Crippen LogP contribution in [0.3, 0.4) is 0 Å². The van der Waals surface area contributed by atoms with Gasteiger partial charge in [-0.1, -0.05) is 0 Å². The molecule has 0 aliphatic carbocycles. The van der Waals surface area contributed by atoms with Crippen molar-refractivity contribution < 1.29 is 4.74 Å². The molecule has 5 heteroatoms. The Labute approximate surface area is 122 Å². The van der Waals surface area contributed by atoms with E-state index in [1.807, 2.05) is 48.8 Å². The molecular formula is C15H18B2N2O. The van der Waals surface area contributed by atoms with Gasteiger partial charge in [0.25, 0.3) is 0 Å². The van der Waals surface area contributed by atoms with Gasteiger partial charge in [-0.05, 0) is 44.6 Å². The third-order valence-electron chi connectivity index (χ3n) is 4.41. The largest absolute Gasteiger partial charge is 0.493 e. The summed E-state index contributed by atoms with van der Waals surface area (Å²) < 4.78 is 7.57. The van der Waals surface area contributed by atoms with Crippen LogP contribution < -0.4 is 4.74 Å². The van der Waals surface area contributed by atoms with Crippen molar-refractivity contribution in [1.82, 2.24) is 9.47 Å². The summed E-state index contributed by atoms with van der Waals surface area (Å²) in [4.78, 5) is 2.03. The Balaban J connectivity index is 2.14. The van der Waals surface area contributed by atoms with Crippen LogP contribution in [0.25, 0.3) is 10.9 Å². The summed E-state index contributed by atoms with van der Waals surface area (Å²) in [6, 6.07) is 6.13. The summed E-state index contributed by atoms with van der Waals surface area (Å²) in [5.41, 5.74) is 2.32. The SMILES string of the molecule is [B]C([B])([C@@H](C)N(C)C)n1ccc2c3c(ccc21)OCC3. The highest BCUT2D eigenvalue weighted by molar-refractivity contribution is 6.38. The molecular weight excluding hydrogens is 246 g/mol. The molecule has 1 aromatic carbocycles. The molecule has 0 fully saturated rings. The lowest BCUT2D eigenvalue weighted by atomic mass is 9.57. The van der Waals surface area contributed by atoms with E-state index in [0.29, 0.717) is 0 Å². The van der Waals surface area contributed by atoms with E-state index in [2.05, 4.69) is 6.07 Å². The van der Waals surface area contributed by atoms with Crippen LogP contribution in [0.4, 0.5) is 0 Å². The summed E-state index contributed by atoms with van der Waals surface area (Å²) in [6.07, 6.45) is 2.92. The maximum absolute atomic E-state index is 6.41. The van der Waals surface area contributed by atoms with Crippen molar-refractivity contribution in [2.75, 3.05) is 20.7 Å². The average Bonchev–Trinajstić information content (AvgIpc) is 3.02. The van der Waals surface area contributed by atoms with Crippen molar-refractivity contribution in [1.29, 1.82) is 0 Å². The molecule has 0 amide bonds. The minimum atomic E-state index is -0.959. The zero-order valence-corrected chi connectivity index (χ0v) is 12.3. The lowest BCUT2D eigenvalue weighted by Crippen LogP contribution is -2.51. The van der Waals surface area contributed by atoms with Crippen LogP contribution in [0.1, 0.15) is 12.5 Å². The number of likely N-dealkylation sites (N-methyl/N-ethyl adjacent to an activating group) is 1. The van der Waals surface area contributed by atoms with Gasteiger partial charge in [0.05, 0.1) is 22.3 Å². The van der Waals surface area contributed by atoms with E-state index in [-0.39, 0.29) is 6.04 Å². The highest BCUT2D eigenvalue weighted by Gasteiger charge is 2.29. The minimum absolute atomic E-state index is 0.00241. The summed E-state index contributed by atoms with van der Waals surface area (Å²) in [7, 11) is 16.8. The van der Waals surface area contributed by atoms with E-state index in [9.17, 15) is 0 Å². The number of hydrogen-bond donors (Lipinski definition) is 0. The van der Waals surface area contributed by atoms with Gasteiger partial charge in [0, 0.05) is 35.1 Å². The molecule has 0 saturated heterocycles. The van der Waals surface area contributed by atoms with E-state index in [0.717, 1.165) is 24.3 Å². The Morgan fingerprint density at radius 3 is 2.75 bits per heavy atom. The number of rotatable bonds is 3. The molecule has 3 rings (SSSR count). The van der Waals surface area contributed by atoms with Gasteiger partial charge in [-0.25, -0.2) is 0 Å². The van der Waals surface area contributed by atoms with Gasteiger partial charge in [0.1, 0.15) is 5.75 Å². The van der Waals surface area contributed by atoms with Crippen LogP contribution in [-0.4, -0.2) is 51.9 Å². The molecule has 0 N–H and O–H groups in total. The molecule has 2 aromatic rings. The molecule has 20 heavy (non-hydrogen) atoms. The van der Waals surface area contributed by atoms with Crippen molar-refractivity contribution in [2.24, 2.45) is 0 Å². The topological polar surface area (TPSA) is 17.4 Å². The van der Waals surface area contributed by atoms with E-state index in [1.165, 1.54) is 10.9 Å². The Bertz CT molecular complexity index is 649. The van der Waals surface area contributed by atoms with Gasteiger partial charge in [-0.3, -0.25) is 0 Å². The minimum Gasteiger partial charge on any atom is -0.493 e. The van der Waals surface area contributed by atoms with Gasteiger partial charge in [-0.2, -0.15) is 0 Å². The second-order valence-corrected chi connectivity index (χ2v) is 5.79. The first-order valence-electron chi connectivity index (χ1n) is 6.93. The van der Waals surface area contributed by atoms with Crippen molar-refractivity contribution in [3.63, 3.8) is 0 Å². The molecule has 3 nitrogen and oxygen atoms in total. The van der Waals surface area contributed by atoms with Crippen molar-refractivity contribution in [2.45, 2.75) is 24.7 Å². The number of benzene rings is 1. The highest BCUT2D eigenvalue weighted by atomic mass is 16.5. The number of nitrogens with zero attached hydrogens (tertiary/aromatic N) is 2. The lowest BCUT2D eigenvalue weighted by Gasteiger charge is -2.39. The first-order valence-corrected chi connectivity index (χ1v) is 6.93.